The molecule has 10 heteroatoms. The van der Waals surface area contributed by atoms with Crippen LogP contribution in [0.25, 0.3) is 0 Å². The van der Waals surface area contributed by atoms with Crippen molar-refractivity contribution >= 4 is 15.9 Å². The monoisotopic (exact) mass is 470 g/mol. The van der Waals surface area contributed by atoms with Gasteiger partial charge in [0, 0.05) is 6.04 Å². The summed E-state index contributed by atoms with van der Waals surface area (Å²) < 4.78 is 65.6. The van der Waals surface area contributed by atoms with Gasteiger partial charge in [-0.3, -0.25) is 4.79 Å². The van der Waals surface area contributed by atoms with Gasteiger partial charge in [-0.15, -0.1) is 0 Å². The molecular weight excluding hydrogens is 445 g/mol. The summed E-state index contributed by atoms with van der Waals surface area (Å²) in [5, 5.41) is 13.6. The van der Waals surface area contributed by atoms with Crippen molar-refractivity contribution < 1.29 is 31.5 Å². The van der Waals surface area contributed by atoms with Crippen LogP contribution >= 0.6 is 0 Å². The SMILES string of the molecule is CC(NC(=O)C1(O)CCC(NS(=O)(=O)c2ccc(C(F)(F)F)cc2)CC1)c1ccccc1. The van der Waals surface area contributed by atoms with Gasteiger partial charge in [0.15, 0.2) is 0 Å². The van der Waals surface area contributed by atoms with E-state index < -0.39 is 39.3 Å². The summed E-state index contributed by atoms with van der Waals surface area (Å²) in [5.41, 5.74) is -1.66. The van der Waals surface area contributed by atoms with Gasteiger partial charge in [-0.25, -0.2) is 13.1 Å². The number of amides is 1. The number of alkyl halides is 3. The average Bonchev–Trinajstić information content (AvgIpc) is 2.75. The molecule has 1 amide bonds. The Kier molecular flexibility index (Phi) is 6.97. The van der Waals surface area contributed by atoms with Gasteiger partial charge in [0.25, 0.3) is 5.91 Å². The van der Waals surface area contributed by atoms with E-state index in [4.69, 9.17) is 0 Å². The Morgan fingerprint density at radius 3 is 2.16 bits per heavy atom. The Morgan fingerprint density at radius 1 is 1.06 bits per heavy atom. The van der Waals surface area contributed by atoms with Crippen molar-refractivity contribution in [2.75, 3.05) is 0 Å². The number of benzene rings is 2. The molecule has 32 heavy (non-hydrogen) atoms. The lowest BCUT2D eigenvalue weighted by Crippen LogP contribution is -2.52. The van der Waals surface area contributed by atoms with E-state index in [9.17, 15) is 31.5 Å². The molecule has 0 bridgehead atoms. The van der Waals surface area contributed by atoms with Crippen LogP contribution in [0.4, 0.5) is 13.2 Å². The van der Waals surface area contributed by atoms with Gasteiger partial charge in [0.2, 0.25) is 10.0 Å². The molecule has 3 N–H and O–H groups in total. The van der Waals surface area contributed by atoms with Gasteiger partial charge < -0.3 is 10.4 Å². The fourth-order valence-corrected chi connectivity index (χ4v) is 5.01. The van der Waals surface area contributed by atoms with Crippen LogP contribution < -0.4 is 10.0 Å². The van der Waals surface area contributed by atoms with Crippen molar-refractivity contribution in [1.29, 1.82) is 0 Å². The number of carbonyl (C=O) groups excluding carboxylic acids is 1. The van der Waals surface area contributed by atoms with Gasteiger partial charge in [-0.1, -0.05) is 30.3 Å². The first-order valence-electron chi connectivity index (χ1n) is 10.2. The Bertz CT molecular complexity index is 1030. The van der Waals surface area contributed by atoms with E-state index in [0.717, 1.165) is 17.7 Å². The maximum absolute atomic E-state index is 12.7. The molecule has 1 aliphatic carbocycles. The first-order valence-corrected chi connectivity index (χ1v) is 11.7. The molecule has 1 unspecified atom stereocenters. The van der Waals surface area contributed by atoms with E-state index in [1.54, 1.807) is 6.92 Å². The van der Waals surface area contributed by atoms with Crippen LogP contribution in [0, 0.1) is 0 Å². The predicted molar refractivity (Wildman–Crippen MR) is 112 cm³/mol. The van der Waals surface area contributed by atoms with Gasteiger partial charge in [-0.05, 0) is 62.4 Å². The zero-order valence-electron chi connectivity index (χ0n) is 17.4. The molecule has 2 aromatic carbocycles. The van der Waals surface area contributed by atoms with Crippen LogP contribution in [-0.2, 0) is 21.0 Å². The van der Waals surface area contributed by atoms with Gasteiger partial charge in [-0.2, -0.15) is 13.2 Å². The number of sulfonamides is 1. The summed E-state index contributed by atoms with van der Waals surface area (Å²) in [6.45, 7) is 1.81. The predicted octanol–water partition coefficient (Wildman–Crippen LogP) is 3.53. The molecule has 1 atom stereocenters. The normalized spacial score (nSPS) is 22.8. The van der Waals surface area contributed by atoms with Crippen LogP contribution in [-0.4, -0.2) is 31.1 Å². The van der Waals surface area contributed by atoms with E-state index in [-0.39, 0.29) is 36.6 Å². The standard InChI is InChI=1S/C22H25F3N2O4S/c1-15(16-5-3-2-4-6-16)26-20(28)21(29)13-11-18(12-14-21)27-32(30,31)19-9-7-17(8-10-19)22(23,24)25/h2-10,15,18,27,29H,11-14H2,1H3,(H,26,28). The highest BCUT2D eigenvalue weighted by Gasteiger charge is 2.41. The molecule has 3 rings (SSSR count). The second-order valence-corrected chi connectivity index (χ2v) is 9.77. The van der Waals surface area contributed by atoms with Crippen molar-refractivity contribution in [3.05, 3.63) is 65.7 Å². The maximum atomic E-state index is 12.7. The number of halogens is 3. The third-order valence-corrected chi connectivity index (χ3v) is 7.23. The van der Waals surface area contributed by atoms with Crippen molar-refractivity contribution in [2.45, 2.75) is 61.4 Å². The molecule has 0 aromatic heterocycles. The molecule has 0 spiro atoms. The van der Waals surface area contributed by atoms with Crippen LogP contribution in [0.15, 0.2) is 59.5 Å². The molecule has 1 saturated carbocycles. The molecule has 6 nitrogen and oxygen atoms in total. The lowest BCUT2D eigenvalue weighted by Gasteiger charge is -2.35. The van der Waals surface area contributed by atoms with Crippen LogP contribution in [0.2, 0.25) is 0 Å². The first-order chi connectivity index (χ1) is 14.9. The Morgan fingerprint density at radius 2 is 1.62 bits per heavy atom. The van der Waals surface area contributed by atoms with Crippen LogP contribution in [0.3, 0.4) is 0 Å². The van der Waals surface area contributed by atoms with Gasteiger partial charge in [0.1, 0.15) is 5.60 Å². The Labute approximate surface area is 184 Å². The molecule has 174 valence electrons. The van der Waals surface area contributed by atoms with Crippen LogP contribution in [0.1, 0.15) is 49.8 Å². The zero-order valence-corrected chi connectivity index (χ0v) is 18.2. The minimum absolute atomic E-state index is 0.0561. The van der Waals surface area contributed by atoms with Crippen molar-refractivity contribution in [1.82, 2.24) is 10.0 Å². The number of hydrogen-bond donors (Lipinski definition) is 3. The molecule has 0 heterocycles. The minimum Gasteiger partial charge on any atom is -0.380 e. The second kappa shape index (κ2) is 9.21. The molecule has 0 radical (unpaired) electrons. The molecule has 2 aromatic rings. The summed E-state index contributed by atoms with van der Waals surface area (Å²) >= 11 is 0. The van der Waals surface area contributed by atoms with Gasteiger partial charge >= 0.3 is 6.18 Å². The number of aliphatic hydroxyl groups is 1. The lowest BCUT2D eigenvalue weighted by molar-refractivity contribution is -0.144. The molecule has 1 aliphatic rings. The van der Waals surface area contributed by atoms with Gasteiger partial charge in [0.05, 0.1) is 16.5 Å². The topological polar surface area (TPSA) is 95.5 Å². The van der Waals surface area contributed by atoms with E-state index >= 15 is 0 Å². The summed E-state index contributed by atoms with van der Waals surface area (Å²) in [4.78, 5) is 12.4. The average molecular weight is 471 g/mol. The summed E-state index contributed by atoms with van der Waals surface area (Å²) in [6, 6.07) is 11.7. The fourth-order valence-electron chi connectivity index (χ4n) is 3.71. The van der Waals surface area contributed by atoms with E-state index in [2.05, 4.69) is 10.0 Å². The van der Waals surface area contributed by atoms with E-state index in [1.165, 1.54) is 0 Å². The van der Waals surface area contributed by atoms with Crippen LogP contribution in [0.5, 0.6) is 0 Å². The second-order valence-electron chi connectivity index (χ2n) is 8.06. The Balaban J connectivity index is 1.58. The summed E-state index contributed by atoms with van der Waals surface area (Å²) in [7, 11) is -4.03. The highest BCUT2D eigenvalue weighted by Crippen LogP contribution is 2.32. The quantitative estimate of drug-likeness (QED) is 0.602. The summed E-state index contributed by atoms with van der Waals surface area (Å²) in [6.07, 6.45) is -4.02. The Hall–Kier alpha value is -2.43. The highest BCUT2D eigenvalue weighted by molar-refractivity contribution is 7.89. The maximum Gasteiger partial charge on any atom is 0.416 e. The first kappa shape index (κ1) is 24.2. The fraction of sp³-hybridized carbons (Fsp3) is 0.409. The minimum atomic E-state index is -4.55. The largest absolute Gasteiger partial charge is 0.416 e. The molecule has 1 fully saturated rings. The molecule has 0 aliphatic heterocycles. The summed E-state index contributed by atoms with van der Waals surface area (Å²) in [5.74, 6) is -0.516. The number of carbonyl (C=O) groups is 1. The van der Waals surface area contributed by atoms with Crippen molar-refractivity contribution in [3.8, 4) is 0 Å². The highest BCUT2D eigenvalue weighted by atomic mass is 32.2. The lowest BCUT2D eigenvalue weighted by atomic mass is 9.81. The third kappa shape index (κ3) is 5.67. The number of hydrogen-bond acceptors (Lipinski definition) is 4. The zero-order chi connectivity index (χ0) is 23.6. The number of nitrogens with one attached hydrogen (secondary N) is 2. The van der Waals surface area contributed by atoms with Crippen molar-refractivity contribution in [2.24, 2.45) is 0 Å². The number of rotatable bonds is 6. The van der Waals surface area contributed by atoms with Crippen molar-refractivity contribution in [3.63, 3.8) is 0 Å². The van der Waals surface area contributed by atoms with E-state index in [0.29, 0.717) is 12.1 Å². The molecular formula is C22H25F3N2O4S. The third-order valence-electron chi connectivity index (χ3n) is 5.70. The molecule has 0 saturated heterocycles. The smallest absolute Gasteiger partial charge is 0.380 e. The van der Waals surface area contributed by atoms with E-state index in [1.807, 2.05) is 30.3 Å².